The van der Waals surface area contributed by atoms with Gasteiger partial charge in [-0.2, -0.15) is 4.98 Å². The Morgan fingerprint density at radius 2 is 2.08 bits per heavy atom. The second kappa shape index (κ2) is 6.68. The number of hydrogen-bond acceptors (Lipinski definition) is 5. The van der Waals surface area contributed by atoms with Crippen LogP contribution in [0, 0.1) is 0 Å². The molecule has 3 aromatic rings. The Kier molecular flexibility index (Phi) is 4.23. The van der Waals surface area contributed by atoms with Gasteiger partial charge in [-0.25, -0.2) is 0 Å². The highest BCUT2D eigenvalue weighted by Gasteiger charge is 2.39. The van der Waals surface area contributed by atoms with Gasteiger partial charge in [0.05, 0.1) is 0 Å². The number of hydrogen-bond donors (Lipinski definition) is 1. The zero-order valence-corrected chi connectivity index (χ0v) is 13.9. The van der Waals surface area contributed by atoms with Crippen LogP contribution in [0.25, 0.3) is 10.9 Å². The number of ether oxygens (including phenoxy) is 1. The van der Waals surface area contributed by atoms with Crippen molar-refractivity contribution in [3.05, 3.63) is 48.7 Å². The monoisotopic (exact) mass is 340 g/mol. The molecule has 1 saturated heterocycles. The largest absolute Gasteiger partial charge is 0.381 e. The molecule has 0 spiro atoms. The fourth-order valence-electron chi connectivity index (χ4n) is 3.39. The molecule has 7 nitrogen and oxygen atoms in total. The fourth-order valence-corrected chi connectivity index (χ4v) is 3.39. The van der Waals surface area contributed by atoms with Crippen molar-refractivity contribution >= 4 is 16.8 Å². The Labute approximate surface area is 145 Å². The summed E-state index contributed by atoms with van der Waals surface area (Å²) in [6.07, 6.45) is 4.99. The summed E-state index contributed by atoms with van der Waals surface area (Å²) in [7, 11) is 0. The summed E-state index contributed by atoms with van der Waals surface area (Å²) in [6, 6.07) is 10.2. The summed E-state index contributed by atoms with van der Waals surface area (Å²) < 4.78 is 12.4. The van der Waals surface area contributed by atoms with E-state index in [1.807, 2.05) is 18.3 Å². The second-order valence-corrected chi connectivity index (χ2v) is 6.32. The maximum Gasteiger partial charge on any atom is 0.222 e. The molecule has 1 fully saturated rings. The molecule has 0 radical (unpaired) electrons. The van der Waals surface area contributed by atoms with Crippen LogP contribution >= 0.6 is 0 Å². The van der Waals surface area contributed by atoms with E-state index in [0.717, 1.165) is 5.52 Å². The fraction of sp³-hybridized carbons (Fsp3) is 0.389. The number of amides is 1. The van der Waals surface area contributed by atoms with Gasteiger partial charge in [-0.05, 0) is 17.5 Å². The minimum absolute atomic E-state index is 0.0236. The minimum Gasteiger partial charge on any atom is -0.381 e. The first-order chi connectivity index (χ1) is 12.3. The number of carbonyl (C=O) groups is 1. The molecule has 0 bridgehead atoms. The second-order valence-electron chi connectivity index (χ2n) is 6.32. The summed E-state index contributed by atoms with van der Waals surface area (Å²) in [5, 5.41) is 8.26. The van der Waals surface area contributed by atoms with Crippen molar-refractivity contribution in [3.63, 3.8) is 0 Å². The number of benzene rings is 1. The van der Waals surface area contributed by atoms with Crippen LogP contribution in [-0.4, -0.2) is 33.8 Å². The van der Waals surface area contributed by atoms with Gasteiger partial charge in [0.2, 0.25) is 12.3 Å². The summed E-state index contributed by atoms with van der Waals surface area (Å²) in [6.45, 7) is 1.76. The third-order valence-electron chi connectivity index (χ3n) is 4.77. The van der Waals surface area contributed by atoms with Crippen LogP contribution in [0.5, 0.6) is 0 Å². The van der Waals surface area contributed by atoms with E-state index in [-0.39, 0.29) is 5.91 Å². The summed E-state index contributed by atoms with van der Waals surface area (Å²) >= 11 is 0. The van der Waals surface area contributed by atoms with E-state index in [1.54, 1.807) is 0 Å². The van der Waals surface area contributed by atoms with Gasteiger partial charge in [-0.15, -0.1) is 0 Å². The first-order valence-corrected chi connectivity index (χ1v) is 8.46. The predicted molar refractivity (Wildman–Crippen MR) is 90.7 cm³/mol. The Morgan fingerprint density at radius 1 is 1.24 bits per heavy atom. The molecule has 1 aliphatic heterocycles. The van der Waals surface area contributed by atoms with Crippen molar-refractivity contribution < 1.29 is 14.1 Å². The highest BCUT2D eigenvalue weighted by molar-refractivity contribution is 5.80. The zero-order chi connectivity index (χ0) is 17.1. The predicted octanol–water partition coefficient (Wildman–Crippen LogP) is 2.24. The van der Waals surface area contributed by atoms with Crippen LogP contribution in [0.15, 0.2) is 47.4 Å². The van der Waals surface area contributed by atoms with Gasteiger partial charge < -0.3 is 19.1 Å². The van der Waals surface area contributed by atoms with E-state index in [9.17, 15) is 4.79 Å². The molecule has 1 aliphatic rings. The van der Waals surface area contributed by atoms with Gasteiger partial charge in [0.25, 0.3) is 0 Å². The van der Waals surface area contributed by atoms with Crippen LogP contribution in [0.2, 0.25) is 0 Å². The number of rotatable bonds is 5. The van der Waals surface area contributed by atoms with Crippen molar-refractivity contribution in [1.82, 2.24) is 20.0 Å². The number of fused-ring (bicyclic) bond motifs is 1. The molecule has 130 valence electrons. The van der Waals surface area contributed by atoms with Gasteiger partial charge in [-0.3, -0.25) is 4.79 Å². The third kappa shape index (κ3) is 3.15. The van der Waals surface area contributed by atoms with Crippen LogP contribution in [0.3, 0.4) is 0 Å². The van der Waals surface area contributed by atoms with E-state index in [1.165, 1.54) is 11.8 Å². The number of para-hydroxylation sites is 1. The number of aromatic nitrogens is 3. The summed E-state index contributed by atoms with van der Waals surface area (Å²) in [5.41, 5.74) is 0.537. The molecule has 2 aromatic heterocycles. The van der Waals surface area contributed by atoms with E-state index in [4.69, 9.17) is 9.26 Å². The molecular formula is C18H20N4O3. The molecule has 7 heteroatoms. The van der Waals surface area contributed by atoms with Gasteiger partial charge in [0.15, 0.2) is 5.82 Å². The van der Waals surface area contributed by atoms with E-state index < -0.39 is 5.54 Å². The number of aryl methyl sites for hydroxylation is 1. The van der Waals surface area contributed by atoms with Crippen molar-refractivity contribution in [2.24, 2.45) is 0 Å². The molecule has 0 aliphatic carbocycles. The average molecular weight is 340 g/mol. The number of nitrogens with one attached hydrogen (secondary N) is 1. The average Bonchev–Trinajstić information content (AvgIpc) is 3.31. The molecular weight excluding hydrogens is 320 g/mol. The lowest BCUT2D eigenvalue weighted by Crippen LogP contribution is -2.50. The third-order valence-corrected chi connectivity index (χ3v) is 4.77. The molecule has 4 rings (SSSR count). The number of nitrogens with zero attached hydrogens (tertiary/aromatic N) is 3. The smallest absolute Gasteiger partial charge is 0.222 e. The highest BCUT2D eigenvalue weighted by Crippen LogP contribution is 2.29. The van der Waals surface area contributed by atoms with Crippen LogP contribution < -0.4 is 5.32 Å². The SMILES string of the molecule is O=C(CCn1ccc2ccccc21)NC1(c2ncon2)CCOCC1. The topological polar surface area (TPSA) is 82.2 Å². The standard InChI is InChI=1S/C18H20N4O3/c23-16(6-10-22-9-5-14-3-1-2-4-15(14)22)20-18(7-11-24-12-8-18)17-19-13-25-21-17/h1-5,9,13H,6-8,10-12H2,(H,20,23). The molecule has 3 heterocycles. The Morgan fingerprint density at radius 3 is 2.88 bits per heavy atom. The van der Waals surface area contributed by atoms with Crippen LogP contribution in [0.1, 0.15) is 25.1 Å². The lowest BCUT2D eigenvalue weighted by Gasteiger charge is -2.35. The summed E-state index contributed by atoms with van der Waals surface area (Å²) in [4.78, 5) is 16.8. The lowest BCUT2D eigenvalue weighted by atomic mass is 9.89. The minimum atomic E-state index is -0.596. The first kappa shape index (κ1) is 15.8. The normalized spacial score (nSPS) is 16.8. The Bertz CT molecular complexity index is 850. The zero-order valence-electron chi connectivity index (χ0n) is 13.9. The molecule has 25 heavy (non-hydrogen) atoms. The highest BCUT2D eigenvalue weighted by atomic mass is 16.5. The molecule has 1 aromatic carbocycles. The number of carbonyl (C=O) groups excluding carboxylic acids is 1. The van der Waals surface area contributed by atoms with Crippen LogP contribution in [-0.2, 0) is 21.6 Å². The van der Waals surface area contributed by atoms with Gasteiger partial charge in [0, 0.05) is 50.7 Å². The van der Waals surface area contributed by atoms with Crippen molar-refractivity contribution in [3.8, 4) is 0 Å². The van der Waals surface area contributed by atoms with Gasteiger partial charge in [0.1, 0.15) is 5.54 Å². The van der Waals surface area contributed by atoms with Crippen LogP contribution in [0.4, 0.5) is 0 Å². The van der Waals surface area contributed by atoms with Gasteiger partial charge >= 0.3 is 0 Å². The Hall–Kier alpha value is -2.67. The van der Waals surface area contributed by atoms with Crippen molar-refractivity contribution in [2.75, 3.05) is 13.2 Å². The maximum atomic E-state index is 12.6. The maximum absolute atomic E-state index is 12.6. The molecule has 1 amide bonds. The quantitative estimate of drug-likeness (QED) is 0.770. The van der Waals surface area contributed by atoms with E-state index in [0.29, 0.717) is 44.8 Å². The van der Waals surface area contributed by atoms with E-state index >= 15 is 0 Å². The van der Waals surface area contributed by atoms with E-state index in [2.05, 4.69) is 38.2 Å². The first-order valence-electron chi connectivity index (χ1n) is 8.46. The lowest BCUT2D eigenvalue weighted by molar-refractivity contribution is -0.125. The van der Waals surface area contributed by atoms with Crippen molar-refractivity contribution in [1.29, 1.82) is 0 Å². The van der Waals surface area contributed by atoms with Crippen molar-refractivity contribution in [2.45, 2.75) is 31.3 Å². The molecule has 0 unspecified atom stereocenters. The molecule has 1 N–H and O–H groups in total. The Balaban J connectivity index is 1.45. The molecule has 0 saturated carbocycles. The van der Waals surface area contributed by atoms with Gasteiger partial charge in [-0.1, -0.05) is 23.4 Å². The summed E-state index contributed by atoms with van der Waals surface area (Å²) in [5.74, 6) is 0.500. The molecule has 0 atom stereocenters.